The van der Waals surface area contributed by atoms with Gasteiger partial charge in [-0.25, -0.2) is 4.98 Å². The lowest BCUT2D eigenvalue weighted by Gasteiger charge is -2.29. The second-order valence-corrected chi connectivity index (χ2v) is 4.53. The highest BCUT2D eigenvalue weighted by Crippen LogP contribution is 2.36. The number of benzene rings is 1. The van der Waals surface area contributed by atoms with Crippen molar-refractivity contribution in [1.82, 2.24) is 9.55 Å². The van der Waals surface area contributed by atoms with Gasteiger partial charge in [-0.05, 0) is 12.1 Å². The molecule has 0 saturated heterocycles. The molecule has 0 spiro atoms. The third-order valence-electron chi connectivity index (χ3n) is 3.44. The van der Waals surface area contributed by atoms with Crippen molar-refractivity contribution in [1.29, 1.82) is 0 Å². The van der Waals surface area contributed by atoms with Crippen LogP contribution in [0.25, 0.3) is 0 Å². The first-order valence-corrected chi connectivity index (χ1v) is 6.19. The van der Waals surface area contributed by atoms with Crippen LogP contribution in [0.5, 0.6) is 0 Å². The summed E-state index contributed by atoms with van der Waals surface area (Å²) in [6, 6.07) is 5.07. The van der Waals surface area contributed by atoms with E-state index in [1.807, 2.05) is 15.7 Å². The summed E-state index contributed by atoms with van der Waals surface area (Å²) >= 11 is 0. The predicted octanol–water partition coefficient (Wildman–Crippen LogP) is 1.10. The monoisotopic (exact) mass is 274 g/mol. The van der Waals surface area contributed by atoms with Crippen molar-refractivity contribution in [3.05, 3.63) is 46.5 Å². The van der Waals surface area contributed by atoms with E-state index in [1.54, 1.807) is 24.4 Å². The van der Waals surface area contributed by atoms with E-state index < -0.39 is 4.92 Å². The number of nitrogens with one attached hydrogen (secondary N) is 1. The highest BCUT2D eigenvalue weighted by molar-refractivity contribution is 5.76. The maximum atomic E-state index is 11.3. The number of hydrogen-bond donors (Lipinski definition) is 2. The van der Waals surface area contributed by atoms with E-state index >= 15 is 0 Å². The lowest BCUT2D eigenvalue weighted by molar-refractivity contribution is -0.383. The topological polar surface area (TPSA) is 102 Å². The molecule has 1 aromatic heterocycles. The minimum absolute atomic E-state index is 0.00462. The number of nitro groups is 1. The molecule has 104 valence electrons. The molecule has 0 amide bonds. The van der Waals surface area contributed by atoms with E-state index in [0.29, 0.717) is 24.5 Å². The van der Waals surface area contributed by atoms with Crippen molar-refractivity contribution in [2.24, 2.45) is 5.84 Å². The summed E-state index contributed by atoms with van der Waals surface area (Å²) < 4.78 is 2.05. The van der Waals surface area contributed by atoms with Crippen LogP contribution in [0.3, 0.4) is 0 Å². The van der Waals surface area contributed by atoms with Gasteiger partial charge in [-0.1, -0.05) is 6.07 Å². The number of rotatable bonds is 3. The number of nitrogens with two attached hydrogens (primary N) is 1. The van der Waals surface area contributed by atoms with Crippen LogP contribution >= 0.6 is 0 Å². The zero-order valence-corrected chi connectivity index (χ0v) is 10.7. The molecule has 0 atom stereocenters. The lowest BCUT2D eigenvalue weighted by Crippen LogP contribution is -2.34. The summed E-state index contributed by atoms with van der Waals surface area (Å²) in [6.45, 7) is 1.99. The molecule has 1 aliphatic rings. The SMILES string of the molecule is NNc1cccc(N2CCn3ccnc3C2)c1[N+](=O)[O-]. The second-order valence-electron chi connectivity index (χ2n) is 4.53. The fourth-order valence-corrected chi connectivity index (χ4v) is 2.47. The third-order valence-corrected chi connectivity index (χ3v) is 3.44. The van der Waals surface area contributed by atoms with Crippen LogP contribution in [-0.2, 0) is 13.1 Å². The molecule has 8 heteroatoms. The van der Waals surface area contributed by atoms with E-state index in [0.717, 1.165) is 12.4 Å². The first-order valence-electron chi connectivity index (χ1n) is 6.19. The van der Waals surface area contributed by atoms with Crippen molar-refractivity contribution < 1.29 is 4.92 Å². The maximum absolute atomic E-state index is 11.3. The molecule has 20 heavy (non-hydrogen) atoms. The molecule has 0 bridgehead atoms. The number of nitro benzene ring substituents is 1. The van der Waals surface area contributed by atoms with E-state index in [2.05, 4.69) is 10.4 Å². The largest absolute Gasteiger partial charge is 0.357 e. The Hall–Kier alpha value is -2.61. The van der Waals surface area contributed by atoms with Gasteiger partial charge in [-0.2, -0.15) is 0 Å². The number of anilines is 2. The van der Waals surface area contributed by atoms with E-state index in [9.17, 15) is 10.1 Å². The Bertz CT molecular complexity index is 653. The van der Waals surface area contributed by atoms with Gasteiger partial charge in [0.1, 0.15) is 17.2 Å². The van der Waals surface area contributed by atoms with Gasteiger partial charge in [-0.15, -0.1) is 0 Å². The Morgan fingerprint density at radius 2 is 2.25 bits per heavy atom. The summed E-state index contributed by atoms with van der Waals surface area (Å²) in [7, 11) is 0. The Balaban J connectivity index is 2.01. The Morgan fingerprint density at radius 1 is 1.40 bits per heavy atom. The summed E-state index contributed by atoms with van der Waals surface area (Å²) in [5.41, 5.74) is 3.24. The van der Waals surface area contributed by atoms with Crippen LogP contribution in [0.15, 0.2) is 30.6 Å². The van der Waals surface area contributed by atoms with Gasteiger partial charge in [0.2, 0.25) is 0 Å². The van der Waals surface area contributed by atoms with Gasteiger partial charge in [0.15, 0.2) is 0 Å². The standard InChI is InChI=1S/C12H14N6O2/c13-15-9-2-1-3-10(12(9)18(19)20)17-7-6-16-5-4-14-11(16)8-17/h1-5,15H,6-8,13H2. The van der Waals surface area contributed by atoms with Gasteiger partial charge >= 0.3 is 5.69 Å². The van der Waals surface area contributed by atoms with Gasteiger partial charge in [-0.3, -0.25) is 16.0 Å². The van der Waals surface area contributed by atoms with Crippen molar-refractivity contribution >= 4 is 17.1 Å². The van der Waals surface area contributed by atoms with E-state index in [1.165, 1.54) is 0 Å². The zero-order chi connectivity index (χ0) is 14.1. The molecule has 0 unspecified atom stereocenters. The number of imidazole rings is 1. The second kappa shape index (κ2) is 4.82. The summed E-state index contributed by atoms with van der Waals surface area (Å²) in [4.78, 5) is 17.1. The zero-order valence-electron chi connectivity index (χ0n) is 10.7. The molecular formula is C12H14N6O2. The number of para-hydroxylation sites is 1. The molecule has 8 nitrogen and oxygen atoms in total. The van der Waals surface area contributed by atoms with Gasteiger partial charge < -0.3 is 14.9 Å². The van der Waals surface area contributed by atoms with Gasteiger partial charge in [0.05, 0.1) is 11.5 Å². The van der Waals surface area contributed by atoms with Gasteiger partial charge in [0.25, 0.3) is 0 Å². The number of aromatic nitrogens is 2. The minimum Gasteiger partial charge on any atom is -0.357 e. The molecule has 0 fully saturated rings. The average Bonchev–Trinajstić information content (AvgIpc) is 2.93. The molecule has 0 aliphatic carbocycles. The molecule has 2 heterocycles. The van der Waals surface area contributed by atoms with Crippen molar-refractivity contribution in [2.75, 3.05) is 16.9 Å². The fraction of sp³-hybridized carbons (Fsp3) is 0.250. The molecule has 0 radical (unpaired) electrons. The van der Waals surface area contributed by atoms with Crippen molar-refractivity contribution in [3.63, 3.8) is 0 Å². The van der Waals surface area contributed by atoms with Crippen molar-refractivity contribution in [2.45, 2.75) is 13.1 Å². The van der Waals surface area contributed by atoms with Crippen LogP contribution in [-0.4, -0.2) is 21.0 Å². The molecule has 1 aromatic carbocycles. The molecule has 1 aliphatic heterocycles. The Kier molecular flexibility index (Phi) is 2.99. The summed E-state index contributed by atoms with van der Waals surface area (Å²) in [5, 5.41) is 11.3. The smallest absolute Gasteiger partial charge is 0.316 e. The Labute approximate surface area is 114 Å². The van der Waals surface area contributed by atoms with Crippen LogP contribution in [0.1, 0.15) is 5.82 Å². The van der Waals surface area contributed by atoms with Crippen LogP contribution in [0, 0.1) is 10.1 Å². The highest BCUT2D eigenvalue weighted by atomic mass is 16.6. The molecule has 3 N–H and O–H groups in total. The van der Waals surface area contributed by atoms with Crippen LogP contribution in [0.2, 0.25) is 0 Å². The summed E-state index contributed by atoms with van der Waals surface area (Å²) in [6.07, 6.45) is 3.66. The minimum atomic E-state index is -0.411. The maximum Gasteiger partial charge on any atom is 0.316 e. The average molecular weight is 274 g/mol. The van der Waals surface area contributed by atoms with Gasteiger partial charge in [0, 0.05) is 25.5 Å². The third kappa shape index (κ3) is 1.95. The Morgan fingerprint density at radius 3 is 3.00 bits per heavy atom. The number of nitrogens with zero attached hydrogens (tertiary/aromatic N) is 4. The fourth-order valence-electron chi connectivity index (χ4n) is 2.47. The van der Waals surface area contributed by atoms with Crippen molar-refractivity contribution in [3.8, 4) is 0 Å². The molecule has 2 aromatic rings. The number of nitrogen functional groups attached to an aromatic ring is 1. The number of hydrogen-bond acceptors (Lipinski definition) is 6. The molecule has 3 rings (SSSR count). The van der Waals surface area contributed by atoms with Crippen LogP contribution in [0.4, 0.5) is 17.1 Å². The van der Waals surface area contributed by atoms with E-state index in [-0.39, 0.29) is 5.69 Å². The molecule has 0 saturated carbocycles. The predicted molar refractivity (Wildman–Crippen MR) is 74.2 cm³/mol. The number of fused-ring (bicyclic) bond motifs is 1. The number of hydrazine groups is 1. The van der Waals surface area contributed by atoms with E-state index in [4.69, 9.17) is 5.84 Å². The lowest BCUT2D eigenvalue weighted by atomic mass is 10.2. The van der Waals surface area contributed by atoms with Crippen LogP contribution < -0.4 is 16.2 Å². The molecular weight excluding hydrogens is 260 g/mol. The summed E-state index contributed by atoms with van der Waals surface area (Å²) in [5.74, 6) is 6.26. The normalized spacial score (nSPS) is 13.9. The first kappa shape index (κ1) is 12.4. The first-order chi connectivity index (χ1) is 9.70. The quantitative estimate of drug-likeness (QED) is 0.493. The highest BCUT2D eigenvalue weighted by Gasteiger charge is 2.26.